The fraction of sp³-hybridized carbons (Fsp3) is 0.591. The number of hydrogen-bond donors (Lipinski definition) is 2. The van der Waals surface area contributed by atoms with Crippen molar-refractivity contribution in [3.8, 4) is 5.75 Å². The fourth-order valence-electron chi connectivity index (χ4n) is 4.19. The van der Waals surface area contributed by atoms with Gasteiger partial charge in [0.15, 0.2) is 0 Å². The maximum atomic E-state index is 12.5. The van der Waals surface area contributed by atoms with Gasteiger partial charge in [-0.05, 0) is 30.2 Å². The SMILES string of the molecule is COc1ccc2[nH]cc(CCNC(=O)N3CCN(CCN4CCOCC4)CC3)c2c1. The van der Waals surface area contributed by atoms with Gasteiger partial charge in [0.1, 0.15) is 5.75 Å². The second kappa shape index (κ2) is 10.1. The number of benzene rings is 1. The van der Waals surface area contributed by atoms with Crippen LogP contribution in [0.15, 0.2) is 24.4 Å². The average molecular weight is 416 g/mol. The van der Waals surface area contributed by atoms with Crippen LogP contribution in [0.4, 0.5) is 4.79 Å². The lowest BCUT2D eigenvalue weighted by atomic mass is 10.1. The maximum absolute atomic E-state index is 12.5. The highest BCUT2D eigenvalue weighted by Gasteiger charge is 2.21. The molecule has 2 aliphatic heterocycles. The number of H-pyrrole nitrogens is 1. The van der Waals surface area contributed by atoms with E-state index in [4.69, 9.17) is 9.47 Å². The number of aromatic nitrogens is 1. The predicted molar refractivity (Wildman–Crippen MR) is 117 cm³/mol. The van der Waals surface area contributed by atoms with Crippen LogP contribution in [0, 0.1) is 0 Å². The molecule has 8 heteroatoms. The van der Waals surface area contributed by atoms with E-state index in [1.807, 2.05) is 29.3 Å². The predicted octanol–water partition coefficient (Wildman–Crippen LogP) is 1.38. The lowest BCUT2D eigenvalue weighted by Gasteiger charge is -2.36. The summed E-state index contributed by atoms with van der Waals surface area (Å²) in [7, 11) is 1.68. The molecule has 2 amide bonds. The van der Waals surface area contributed by atoms with Gasteiger partial charge in [-0.2, -0.15) is 0 Å². The van der Waals surface area contributed by atoms with Crippen LogP contribution in [0.2, 0.25) is 0 Å². The summed E-state index contributed by atoms with van der Waals surface area (Å²) >= 11 is 0. The number of ether oxygens (including phenoxy) is 2. The molecule has 4 rings (SSSR count). The first-order valence-electron chi connectivity index (χ1n) is 10.9. The van der Waals surface area contributed by atoms with Gasteiger partial charge in [-0.25, -0.2) is 4.79 Å². The van der Waals surface area contributed by atoms with Crippen LogP contribution in [0.5, 0.6) is 5.75 Å². The van der Waals surface area contributed by atoms with Crippen molar-refractivity contribution in [3.05, 3.63) is 30.0 Å². The zero-order valence-corrected chi connectivity index (χ0v) is 17.9. The number of urea groups is 1. The van der Waals surface area contributed by atoms with Crippen LogP contribution in [0.25, 0.3) is 10.9 Å². The molecule has 0 spiro atoms. The molecule has 8 nitrogen and oxygen atoms in total. The summed E-state index contributed by atoms with van der Waals surface area (Å²) < 4.78 is 10.7. The van der Waals surface area contributed by atoms with Crippen molar-refractivity contribution in [2.45, 2.75) is 6.42 Å². The summed E-state index contributed by atoms with van der Waals surface area (Å²) in [6, 6.07) is 6.05. The highest BCUT2D eigenvalue weighted by Crippen LogP contribution is 2.23. The summed E-state index contributed by atoms with van der Waals surface area (Å²) in [6.45, 7) is 10.0. The lowest BCUT2D eigenvalue weighted by Crippen LogP contribution is -2.53. The number of methoxy groups -OCH3 is 1. The van der Waals surface area contributed by atoms with Gasteiger partial charge >= 0.3 is 6.03 Å². The normalized spacial score (nSPS) is 18.6. The quantitative estimate of drug-likeness (QED) is 0.715. The molecule has 0 bridgehead atoms. The highest BCUT2D eigenvalue weighted by molar-refractivity contribution is 5.84. The van der Waals surface area contributed by atoms with Crippen LogP contribution in [-0.4, -0.2) is 105 Å². The van der Waals surface area contributed by atoms with Gasteiger partial charge in [-0.3, -0.25) is 9.80 Å². The molecule has 0 radical (unpaired) electrons. The average Bonchev–Trinajstić information content (AvgIpc) is 3.20. The minimum Gasteiger partial charge on any atom is -0.497 e. The molecule has 1 aromatic heterocycles. The number of fused-ring (bicyclic) bond motifs is 1. The minimum atomic E-state index is 0.0419. The van der Waals surface area contributed by atoms with E-state index < -0.39 is 0 Å². The van der Waals surface area contributed by atoms with E-state index in [-0.39, 0.29) is 6.03 Å². The van der Waals surface area contributed by atoms with E-state index in [0.717, 1.165) is 88.6 Å². The zero-order valence-electron chi connectivity index (χ0n) is 17.9. The van der Waals surface area contributed by atoms with Crippen molar-refractivity contribution in [2.24, 2.45) is 0 Å². The van der Waals surface area contributed by atoms with Gasteiger partial charge in [0.2, 0.25) is 0 Å². The number of nitrogens with one attached hydrogen (secondary N) is 2. The Balaban J connectivity index is 1.17. The van der Waals surface area contributed by atoms with Crippen molar-refractivity contribution in [3.63, 3.8) is 0 Å². The maximum Gasteiger partial charge on any atom is 0.317 e. The molecule has 2 saturated heterocycles. The summed E-state index contributed by atoms with van der Waals surface area (Å²) in [4.78, 5) is 22.7. The third kappa shape index (κ3) is 5.24. The molecule has 164 valence electrons. The first kappa shape index (κ1) is 21.0. The number of morpholine rings is 1. The van der Waals surface area contributed by atoms with E-state index in [2.05, 4.69) is 20.1 Å². The number of aromatic amines is 1. The Bertz CT molecular complexity index is 825. The summed E-state index contributed by atoms with van der Waals surface area (Å²) in [6.07, 6.45) is 2.81. The molecular weight excluding hydrogens is 382 g/mol. The Hall–Kier alpha value is -2.29. The topological polar surface area (TPSA) is 73.1 Å². The van der Waals surface area contributed by atoms with Crippen LogP contribution < -0.4 is 10.1 Å². The monoisotopic (exact) mass is 415 g/mol. The number of carbonyl (C=O) groups is 1. The third-order valence-electron chi connectivity index (χ3n) is 6.14. The van der Waals surface area contributed by atoms with E-state index in [9.17, 15) is 4.79 Å². The van der Waals surface area contributed by atoms with Crippen molar-refractivity contribution >= 4 is 16.9 Å². The Morgan fingerprint density at radius 1 is 1.10 bits per heavy atom. The van der Waals surface area contributed by atoms with Crippen molar-refractivity contribution in [2.75, 3.05) is 79.2 Å². The highest BCUT2D eigenvalue weighted by atomic mass is 16.5. The van der Waals surface area contributed by atoms with Gasteiger partial charge in [0.25, 0.3) is 0 Å². The molecule has 2 fully saturated rings. The summed E-state index contributed by atoms with van der Waals surface area (Å²) in [5.41, 5.74) is 2.28. The molecule has 0 aliphatic carbocycles. The molecule has 2 aromatic rings. The van der Waals surface area contributed by atoms with Crippen LogP contribution in [-0.2, 0) is 11.2 Å². The summed E-state index contributed by atoms with van der Waals surface area (Å²) in [5.74, 6) is 0.846. The molecule has 30 heavy (non-hydrogen) atoms. The van der Waals surface area contributed by atoms with Crippen molar-refractivity contribution < 1.29 is 14.3 Å². The number of amides is 2. The second-order valence-electron chi connectivity index (χ2n) is 7.99. The standard InChI is InChI=1S/C22H33N5O3/c1-29-19-2-3-21-20(16-19)18(17-24-21)4-5-23-22(28)27-10-8-25(9-11-27)6-7-26-12-14-30-15-13-26/h2-3,16-17,24H,4-15H2,1H3,(H,23,28). The van der Waals surface area contributed by atoms with Crippen LogP contribution in [0.1, 0.15) is 5.56 Å². The van der Waals surface area contributed by atoms with Crippen molar-refractivity contribution in [1.82, 2.24) is 25.0 Å². The largest absolute Gasteiger partial charge is 0.497 e. The van der Waals surface area contributed by atoms with Gasteiger partial charge in [0.05, 0.1) is 20.3 Å². The van der Waals surface area contributed by atoms with Gasteiger partial charge < -0.3 is 24.7 Å². The Morgan fingerprint density at radius 2 is 1.83 bits per heavy atom. The van der Waals surface area contributed by atoms with E-state index in [0.29, 0.717) is 6.54 Å². The number of rotatable bonds is 7. The van der Waals surface area contributed by atoms with E-state index in [1.54, 1.807) is 7.11 Å². The van der Waals surface area contributed by atoms with Crippen molar-refractivity contribution in [1.29, 1.82) is 0 Å². The molecular formula is C22H33N5O3. The second-order valence-corrected chi connectivity index (χ2v) is 7.99. The zero-order chi connectivity index (χ0) is 20.8. The molecule has 1 aromatic carbocycles. The van der Waals surface area contributed by atoms with Gasteiger partial charge in [-0.15, -0.1) is 0 Å². The minimum absolute atomic E-state index is 0.0419. The van der Waals surface area contributed by atoms with Crippen LogP contribution in [0.3, 0.4) is 0 Å². The molecule has 3 heterocycles. The number of hydrogen-bond acceptors (Lipinski definition) is 5. The lowest BCUT2D eigenvalue weighted by molar-refractivity contribution is 0.0309. The molecule has 0 saturated carbocycles. The first-order chi connectivity index (χ1) is 14.7. The third-order valence-corrected chi connectivity index (χ3v) is 6.14. The van der Waals surface area contributed by atoms with E-state index >= 15 is 0 Å². The Labute approximate surface area is 178 Å². The summed E-state index contributed by atoms with van der Waals surface area (Å²) in [5, 5.41) is 4.23. The number of carbonyl (C=O) groups excluding carboxylic acids is 1. The Kier molecular flexibility index (Phi) is 7.09. The molecule has 2 N–H and O–H groups in total. The first-order valence-corrected chi connectivity index (χ1v) is 10.9. The smallest absolute Gasteiger partial charge is 0.317 e. The van der Waals surface area contributed by atoms with Gasteiger partial charge in [0, 0.05) is 76.0 Å². The van der Waals surface area contributed by atoms with Gasteiger partial charge in [-0.1, -0.05) is 0 Å². The fourth-order valence-corrected chi connectivity index (χ4v) is 4.19. The molecule has 0 atom stereocenters. The number of nitrogens with zero attached hydrogens (tertiary/aromatic N) is 3. The Morgan fingerprint density at radius 3 is 2.57 bits per heavy atom. The molecule has 0 unspecified atom stereocenters. The molecule has 2 aliphatic rings. The van der Waals surface area contributed by atoms with E-state index in [1.165, 1.54) is 5.56 Å². The van der Waals surface area contributed by atoms with Crippen LogP contribution >= 0.6 is 0 Å². The number of piperazine rings is 1.